The second-order valence-electron chi connectivity index (χ2n) is 6.75. The molecule has 1 heterocycles. The van der Waals surface area contributed by atoms with Gasteiger partial charge in [-0.15, -0.1) is 0 Å². The number of nitrogens with zero attached hydrogens (tertiary/aromatic N) is 2. The highest BCUT2D eigenvalue weighted by atomic mass is 16.5. The average Bonchev–Trinajstić information content (AvgIpc) is 3.25. The van der Waals surface area contributed by atoms with E-state index in [1.165, 1.54) is 18.9 Å². The minimum Gasteiger partial charge on any atom is -0.465 e. The standard InChI is InChI=1S/C25H20N2O4/c1-30-24(28)21-22(19-15-13-18(14-16-19)17-9-5-3-6-10-17)26-27(23(21)25(29)31-2)20-11-7-4-8-12-20/h3-16H,1-2H3. The summed E-state index contributed by atoms with van der Waals surface area (Å²) in [5.41, 5.74) is 3.83. The first-order valence-electron chi connectivity index (χ1n) is 9.65. The zero-order valence-corrected chi connectivity index (χ0v) is 17.1. The first kappa shape index (κ1) is 20.1. The monoisotopic (exact) mass is 412 g/mol. The van der Waals surface area contributed by atoms with Crippen LogP contribution in [-0.2, 0) is 9.47 Å². The van der Waals surface area contributed by atoms with Crippen molar-refractivity contribution < 1.29 is 19.1 Å². The van der Waals surface area contributed by atoms with Crippen LogP contribution < -0.4 is 0 Å². The number of carbonyl (C=O) groups is 2. The summed E-state index contributed by atoms with van der Waals surface area (Å²) in [4.78, 5) is 25.3. The van der Waals surface area contributed by atoms with E-state index in [1.54, 1.807) is 12.1 Å². The second kappa shape index (κ2) is 8.67. The van der Waals surface area contributed by atoms with Gasteiger partial charge in [-0.3, -0.25) is 0 Å². The van der Waals surface area contributed by atoms with Crippen LogP contribution in [0.5, 0.6) is 0 Å². The summed E-state index contributed by atoms with van der Waals surface area (Å²) < 4.78 is 11.3. The molecular formula is C25H20N2O4. The molecule has 0 aliphatic rings. The molecular weight excluding hydrogens is 392 g/mol. The lowest BCUT2D eigenvalue weighted by molar-refractivity contribution is 0.0549. The largest absolute Gasteiger partial charge is 0.465 e. The van der Waals surface area contributed by atoms with Crippen molar-refractivity contribution >= 4 is 11.9 Å². The van der Waals surface area contributed by atoms with Crippen LogP contribution in [0, 0.1) is 0 Å². The molecule has 1 aromatic heterocycles. The lowest BCUT2D eigenvalue weighted by Crippen LogP contribution is -2.15. The molecule has 0 unspecified atom stereocenters. The lowest BCUT2D eigenvalue weighted by Gasteiger charge is -2.07. The predicted molar refractivity (Wildman–Crippen MR) is 117 cm³/mol. The van der Waals surface area contributed by atoms with Gasteiger partial charge in [-0.2, -0.15) is 5.10 Å². The van der Waals surface area contributed by atoms with E-state index in [9.17, 15) is 9.59 Å². The van der Waals surface area contributed by atoms with E-state index in [0.717, 1.165) is 11.1 Å². The van der Waals surface area contributed by atoms with Gasteiger partial charge in [-0.1, -0.05) is 72.8 Å². The highest BCUT2D eigenvalue weighted by molar-refractivity contribution is 6.06. The highest BCUT2D eigenvalue weighted by Gasteiger charge is 2.31. The Kier molecular flexibility index (Phi) is 5.62. The van der Waals surface area contributed by atoms with Crippen LogP contribution in [0.15, 0.2) is 84.9 Å². The van der Waals surface area contributed by atoms with Crippen LogP contribution in [0.2, 0.25) is 0 Å². The minimum absolute atomic E-state index is 0.0164. The fraction of sp³-hybridized carbons (Fsp3) is 0.0800. The van der Waals surface area contributed by atoms with Crippen molar-refractivity contribution in [1.29, 1.82) is 0 Å². The van der Waals surface area contributed by atoms with Gasteiger partial charge < -0.3 is 9.47 Å². The molecule has 4 rings (SSSR count). The zero-order chi connectivity index (χ0) is 21.8. The number of rotatable bonds is 5. The normalized spacial score (nSPS) is 10.5. The maximum absolute atomic E-state index is 12.7. The van der Waals surface area contributed by atoms with Gasteiger partial charge in [0.05, 0.1) is 19.9 Å². The maximum atomic E-state index is 12.7. The Labute approximate surface area is 179 Å². The number of para-hydroxylation sites is 1. The number of methoxy groups -OCH3 is 2. The smallest absolute Gasteiger partial charge is 0.357 e. The molecule has 4 aromatic rings. The summed E-state index contributed by atoms with van der Waals surface area (Å²) in [5, 5.41) is 4.61. The van der Waals surface area contributed by atoms with E-state index in [1.807, 2.05) is 72.8 Å². The van der Waals surface area contributed by atoms with Crippen LogP contribution in [-0.4, -0.2) is 35.9 Å². The van der Waals surface area contributed by atoms with Gasteiger partial charge in [0.1, 0.15) is 11.3 Å². The maximum Gasteiger partial charge on any atom is 0.357 e. The number of hydrogen-bond donors (Lipinski definition) is 0. The molecule has 31 heavy (non-hydrogen) atoms. The van der Waals surface area contributed by atoms with Crippen LogP contribution in [0.3, 0.4) is 0 Å². The Bertz CT molecular complexity index is 1210. The van der Waals surface area contributed by atoms with Gasteiger partial charge in [0.2, 0.25) is 0 Å². The fourth-order valence-electron chi connectivity index (χ4n) is 3.41. The summed E-state index contributed by atoms with van der Waals surface area (Å²) in [5.74, 6) is -1.34. The SMILES string of the molecule is COC(=O)c1c(-c2ccc(-c3ccccc3)cc2)nn(-c2ccccc2)c1C(=O)OC. The van der Waals surface area contributed by atoms with E-state index >= 15 is 0 Å². The predicted octanol–water partition coefficient (Wildman–Crippen LogP) is 4.78. The summed E-state index contributed by atoms with van der Waals surface area (Å²) in [6, 6.07) is 26.7. The number of benzene rings is 3. The Hall–Kier alpha value is -4.19. The van der Waals surface area contributed by atoms with E-state index in [0.29, 0.717) is 16.9 Å². The molecule has 0 aliphatic heterocycles. The third kappa shape index (κ3) is 3.83. The van der Waals surface area contributed by atoms with E-state index in [4.69, 9.17) is 9.47 Å². The molecule has 154 valence electrons. The third-order valence-electron chi connectivity index (χ3n) is 4.92. The van der Waals surface area contributed by atoms with Crippen molar-refractivity contribution in [3.63, 3.8) is 0 Å². The third-order valence-corrected chi connectivity index (χ3v) is 4.92. The first-order valence-corrected chi connectivity index (χ1v) is 9.65. The summed E-state index contributed by atoms with van der Waals surface area (Å²) in [6.07, 6.45) is 0. The number of ether oxygens (including phenoxy) is 2. The van der Waals surface area contributed by atoms with Gasteiger partial charge in [-0.25, -0.2) is 14.3 Å². The van der Waals surface area contributed by atoms with Gasteiger partial charge in [-0.05, 0) is 23.3 Å². The van der Waals surface area contributed by atoms with Gasteiger partial charge in [0, 0.05) is 5.56 Å². The number of hydrogen-bond acceptors (Lipinski definition) is 5. The number of aromatic nitrogens is 2. The topological polar surface area (TPSA) is 70.4 Å². The average molecular weight is 412 g/mol. The van der Waals surface area contributed by atoms with Crippen LogP contribution in [0.4, 0.5) is 0 Å². The van der Waals surface area contributed by atoms with E-state index in [2.05, 4.69) is 5.10 Å². The van der Waals surface area contributed by atoms with E-state index < -0.39 is 11.9 Å². The highest BCUT2D eigenvalue weighted by Crippen LogP contribution is 2.30. The molecule has 0 spiro atoms. The van der Waals surface area contributed by atoms with Crippen LogP contribution >= 0.6 is 0 Å². The van der Waals surface area contributed by atoms with Crippen molar-refractivity contribution in [3.05, 3.63) is 96.2 Å². The van der Waals surface area contributed by atoms with E-state index in [-0.39, 0.29) is 11.3 Å². The Balaban J connectivity index is 1.90. The van der Waals surface area contributed by atoms with Crippen molar-refractivity contribution in [1.82, 2.24) is 9.78 Å². The summed E-state index contributed by atoms with van der Waals surface area (Å²) in [7, 11) is 2.53. The molecule has 6 heteroatoms. The Morgan fingerprint density at radius 2 is 1.19 bits per heavy atom. The molecule has 0 saturated carbocycles. The van der Waals surface area contributed by atoms with Crippen molar-refractivity contribution in [3.8, 4) is 28.1 Å². The van der Waals surface area contributed by atoms with Crippen LogP contribution in [0.1, 0.15) is 20.8 Å². The quantitative estimate of drug-likeness (QED) is 0.441. The lowest BCUT2D eigenvalue weighted by atomic mass is 10.0. The Morgan fingerprint density at radius 3 is 1.77 bits per heavy atom. The zero-order valence-electron chi connectivity index (χ0n) is 17.1. The molecule has 0 amide bonds. The molecule has 0 aliphatic carbocycles. The molecule has 0 N–H and O–H groups in total. The molecule has 0 fully saturated rings. The van der Waals surface area contributed by atoms with Gasteiger partial charge >= 0.3 is 11.9 Å². The van der Waals surface area contributed by atoms with Crippen molar-refractivity contribution in [2.45, 2.75) is 0 Å². The molecule has 3 aromatic carbocycles. The molecule has 6 nitrogen and oxygen atoms in total. The molecule has 0 atom stereocenters. The molecule has 0 bridgehead atoms. The first-order chi connectivity index (χ1) is 15.1. The Morgan fingerprint density at radius 1 is 0.677 bits per heavy atom. The summed E-state index contributed by atoms with van der Waals surface area (Å²) >= 11 is 0. The second-order valence-corrected chi connectivity index (χ2v) is 6.75. The van der Waals surface area contributed by atoms with Crippen LogP contribution in [0.25, 0.3) is 28.1 Å². The van der Waals surface area contributed by atoms with Crippen molar-refractivity contribution in [2.75, 3.05) is 14.2 Å². The minimum atomic E-state index is -0.677. The number of carbonyl (C=O) groups excluding carboxylic acids is 2. The summed E-state index contributed by atoms with van der Waals surface area (Å²) in [6.45, 7) is 0. The molecule has 0 saturated heterocycles. The van der Waals surface area contributed by atoms with Crippen molar-refractivity contribution in [2.24, 2.45) is 0 Å². The fourth-order valence-corrected chi connectivity index (χ4v) is 3.41. The van der Waals surface area contributed by atoms with Gasteiger partial charge in [0.25, 0.3) is 0 Å². The van der Waals surface area contributed by atoms with Gasteiger partial charge in [0.15, 0.2) is 5.69 Å². The molecule has 0 radical (unpaired) electrons. The number of esters is 2.